The lowest BCUT2D eigenvalue weighted by molar-refractivity contribution is -0.231. The number of esters is 1. The van der Waals surface area contributed by atoms with E-state index in [9.17, 15) is 9.59 Å². The highest BCUT2D eigenvalue weighted by atomic mass is 16.7. The predicted octanol–water partition coefficient (Wildman–Crippen LogP) is 3.63. The van der Waals surface area contributed by atoms with Crippen LogP contribution in [0.15, 0.2) is 54.6 Å². The molecule has 4 atom stereocenters. The minimum Gasteiger partial charge on any atom is -0.497 e. The van der Waals surface area contributed by atoms with E-state index in [1.807, 2.05) is 54.6 Å². The van der Waals surface area contributed by atoms with E-state index in [0.717, 1.165) is 29.8 Å². The summed E-state index contributed by atoms with van der Waals surface area (Å²) in [6.07, 6.45) is 1.02. The summed E-state index contributed by atoms with van der Waals surface area (Å²) < 4.78 is 22.4. The van der Waals surface area contributed by atoms with E-state index in [4.69, 9.17) is 18.9 Å². The number of hydrogen-bond donors (Lipinski definition) is 0. The maximum absolute atomic E-state index is 13.1. The molecule has 0 bridgehead atoms. The molecule has 0 radical (unpaired) electrons. The van der Waals surface area contributed by atoms with Crippen molar-refractivity contribution >= 4 is 17.6 Å². The molecule has 2 fully saturated rings. The summed E-state index contributed by atoms with van der Waals surface area (Å²) in [7, 11) is 1.61. The lowest BCUT2D eigenvalue weighted by atomic mass is 9.89. The number of rotatable bonds is 7. The number of carbonyl (C=O) groups excluding carboxylic acids is 2. The van der Waals surface area contributed by atoms with Gasteiger partial charge in [0.15, 0.2) is 12.4 Å². The molecule has 164 valence electrons. The lowest BCUT2D eigenvalue weighted by Crippen LogP contribution is -2.61. The number of methoxy groups -OCH3 is 1. The highest BCUT2D eigenvalue weighted by molar-refractivity contribution is 6.05. The molecule has 2 aliphatic heterocycles. The molecule has 4 rings (SSSR count). The normalized spacial score (nSPS) is 25.6. The van der Waals surface area contributed by atoms with Gasteiger partial charge in [-0.15, -0.1) is 0 Å². The first-order valence-electron chi connectivity index (χ1n) is 10.5. The Morgan fingerprint density at radius 1 is 1.10 bits per heavy atom. The van der Waals surface area contributed by atoms with Gasteiger partial charge in [0.05, 0.1) is 19.3 Å². The summed E-state index contributed by atoms with van der Waals surface area (Å²) in [5.74, 6) is 0.292. The second kappa shape index (κ2) is 9.49. The summed E-state index contributed by atoms with van der Waals surface area (Å²) in [4.78, 5) is 26.0. The van der Waals surface area contributed by atoms with Crippen molar-refractivity contribution in [1.29, 1.82) is 0 Å². The highest BCUT2D eigenvalue weighted by Crippen LogP contribution is 2.42. The standard InChI is InChI=1S/C24H27NO6/c1-16(26)29-15-20-9-6-10-21(30-20)31-23-22(17-7-4-3-5-8-17)25(24(23)27)18-11-13-19(28-2)14-12-18/h3-5,7-8,11-14,20-23H,6,9-10,15H2,1-2H3/t20-,21+,22-,23+/m0/s1. The molecule has 1 amide bonds. The number of amides is 1. The Morgan fingerprint density at radius 3 is 2.52 bits per heavy atom. The summed E-state index contributed by atoms with van der Waals surface area (Å²) in [5, 5.41) is 0. The van der Waals surface area contributed by atoms with Crippen LogP contribution in [0.1, 0.15) is 37.8 Å². The maximum atomic E-state index is 13.1. The summed E-state index contributed by atoms with van der Waals surface area (Å²) >= 11 is 0. The van der Waals surface area contributed by atoms with Crippen molar-refractivity contribution < 1.29 is 28.5 Å². The van der Waals surface area contributed by atoms with E-state index in [2.05, 4.69) is 0 Å². The number of ether oxygens (including phenoxy) is 4. The number of hydrogen-bond acceptors (Lipinski definition) is 6. The Hall–Kier alpha value is -2.90. The smallest absolute Gasteiger partial charge is 0.302 e. The molecule has 2 saturated heterocycles. The van der Waals surface area contributed by atoms with Crippen molar-refractivity contribution in [3.63, 3.8) is 0 Å². The third-order valence-electron chi connectivity index (χ3n) is 5.62. The zero-order valence-electron chi connectivity index (χ0n) is 17.7. The first kappa shape index (κ1) is 21.3. The number of anilines is 1. The van der Waals surface area contributed by atoms with Crippen LogP contribution < -0.4 is 9.64 Å². The summed E-state index contributed by atoms with van der Waals surface area (Å²) in [6, 6.07) is 17.0. The molecule has 2 heterocycles. The Labute approximate surface area is 181 Å². The van der Waals surface area contributed by atoms with Crippen LogP contribution >= 0.6 is 0 Å². The van der Waals surface area contributed by atoms with Crippen molar-refractivity contribution in [2.45, 2.75) is 50.7 Å². The SMILES string of the molecule is COc1ccc(N2C(=O)[C@H](O[C@@H]3CCC[C@@H](COC(C)=O)O3)[C@@H]2c2ccccc2)cc1. The van der Waals surface area contributed by atoms with E-state index in [-0.39, 0.29) is 30.6 Å². The molecule has 0 aliphatic carbocycles. The highest BCUT2D eigenvalue weighted by Gasteiger charge is 2.51. The van der Waals surface area contributed by atoms with Gasteiger partial charge in [-0.2, -0.15) is 0 Å². The van der Waals surface area contributed by atoms with Crippen LogP contribution in [0.3, 0.4) is 0 Å². The van der Waals surface area contributed by atoms with Crippen LogP contribution in [0.2, 0.25) is 0 Å². The third kappa shape index (κ3) is 4.73. The Balaban J connectivity index is 1.50. The van der Waals surface area contributed by atoms with Gasteiger partial charge in [-0.1, -0.05) is 30.3 Å². The van der Waals surface area contributed by atoms with Crippen LogP contribution in [0.5, 0.6) is 5.75 Å². The van der Waals surface area contributed by atoms with Crippen LogP contribution in [-0.4, -0.2) is 44.1 Å². The summed E-state index contributed by atoms with van der Waals surface area (Å²) in [6.45, 7) is 1.58. The molecule has 31 heavy (non-hydrogen) atoms. The van der Waals surface area contributed by atoms with Gasteiger partial charge in [0.2, 0.25) is 0 Å². The molecular formula is C24H27NO6. The maximum Gasteiger partial charge on any atom is 0.302 e. The number of β-lactam (4-membered cyclic amide) rings is 1. The molecule has 2 aliphatic rings. The Morgan fingerprint density at radius 2 is 1.84 bits per heavy atom. The average molecular weight is 425 g/mol. The van der Waals surface area contributed by atoms with E-state index in [1.54, 1.807) is 12.0 Å². The molecule has 0 spiro atoms. The molecule has 0 saturated carbocycles. The summed E-state index contributed by atoms with van der Waals surface area (Å²) in [5.41, 5.74) is 1.78. The Kier molecular flexibility index (Phi) is 6.53. The van der Waals surface area contributed by atoms with Gasteiger partial charge in [0.1, 0.15) is 12.4 Å². The first-order chi connectivity index (χ1) is 15.1. The van der Waals surface area contributed by atoms with Gasteiger partial charge in [0.25, 0.3) is 5.91 Å². The number of nitrogens with zero attached hydrogens (tertiary/aromatic N) is 1. The molecule has 0 unspecified atom stereocenters. The topological polar surface area (TPSA) is 74.3 Å². The zero-order chi connectivity index (χ0) is 21.8. The van der Waals surface area contributed by atoms with Crippen molar-refractivity contribution in [1.82, 2.24) is 0 Å². The predicted molar refractivity (Wildman–Crippen MR) is 114 cm³/mol. The molecule has 7 nitrogen and oxygen atoms in total. The number of carbonyl (C=O) groups is 2. The molecule has 7 heteroatoms. The minimum atomic E-state index is -0.637. The average Bonchev–Trinajstić information content (AvgIpc) is 2.80. The first-order valence-corrected chi connectivity index (χ1v) is 10.5. The Bertz CT molecular complexity index is 900. The molecule has 0 N–H and O–H groups in total. The molecular weight excluding hydrogens is 398 g/mol. The van der Waals surface area contributed by atoms with Crippen LogP contribution in [0, 0.1) is 0 Å². The molecule has 2 aromatic rings. The van der Waals surface area contributed by atoms with Gasteiger partial charge in [-0.3, -0.25) is 14.5 Å². The monoisotopic (exact) mass is 425 g/mol. The second-order valence-corrected chi connectivity index (χ2v) is 7.74. The van der Waals surface area contributed by atoms with Crippen LogP contribution in [0.25, 0.3) is 0 Å². The van der Waals surface area contributed by atoms with Crippen molar-refractivity contribution in [2.24, 2.45) is 0 Å². The van der Waals surface area contributed by atoms with Gasteiger partial charge in [-0.05, 0) is 49.1 Å². The van der Waals surface area contributed by atoms with E-state index in [0.29, 0.717) is 6.42 Å². The lowest BCUT2D eigenvalue weighted by Gasteiger charge is -2.48. The largest absolute Gasteiger partial charge is 0.497 e. The van der Waals surface area contributed by atoms with Crippen LogP contribution in [0.4, 0.5) is 5.69 Å². The van der Waals surface area contributed by atoms with Gasteiger partial charge in [-0.25, -0.2) is 0 Å². The fraction of sp³-hybridized carbons (Fsp3) is 0.417. The van der Waals surface area contributed by atoms with Crippen molar-refractivity contribution in [3.05, 3.63) is 60.2 Å². The van der Waals surface area contributed by atoms with E-state index in [1.165, 1.54) is 6.92 Å². The molecule has 2 aromatic carbocycles. The third-order valence-corrected chi connectivity index (χ3v) is 5.62. The van der Waals surface area contributed by atoms with Gasteiger partial charge in [0, 0.05) is 12.6 Å². The fourth-order valence-electron chi connectivity index (χ4n) is 4.06. The fourth-order valence-corrected chi connectivity index (χ4v) is 4.06. The van der Waals surface area contributed by atoms with Crippen LogP contribution in [-0.2, 0) is 23.8 Å². The minimum absolute atomic E-state index is 0.107. The second-order valence-electron chi connectivity index (χ2n) is 7.74. The van der Waals surface area contributed by atoms with Gasteiger partial charge >= 0.3 is 5.97 Å². The number of benzene rings is 2. The van der Waals surface area contributed by atoms with Crippen molar-refractivity contribution in [3.8, 4) is 5.75 Å². The van der Waals surface area contributed by atoms with Crippen molar-refractivity contribution in [2.75, 3.05) is 18.6 Å². The molecule has 0 aromatic heterocycles. The van der Waals surface area contributed by atoms with E-state index >= 15 is 0 Å². The quantitative estimate of drug-likeness (QED) is 0.498. The van der Waals surface area contributed by atoms with Gasteiger partial charge < -0.3 is 18.9 Å². The zero-order valence-corrected chi connectivity index (χ0v) is 17.7. The van der Waals surface area contributed by atoms with E-state index < -0.39 is 12.4 Å².